The fourth-order valence-corrected chi connectivity index (χ4v) is 4.54. The summed E-state index contributed by atoms with van der Waals surface area (Å²) < 4.78 is 33.5. The Morgan fingerprint density at radius 1 is 1.04 bits per heavy atom. The number of sulfonamides is 1. The number of nitrogens with two attached hydrogens (primary N) is 1. The van der Waals surface area contributed by atoms with Gasteiger partial charge in [0.25, 0.3) is 0 Å². The molecule has 0 bridgehead atoms. The highest BCUT2D eigenvalue weighted by molar-refractivity contribution is 7.89. The van der Waals surface area contributed by atoms with E-state index in [1.165, 1.54) is 10.4 Å². The molecule has 7 heteroatoms. The number of benzene rings is 2. The van der Waals surface area contributed by atoms with Gasteiger partial charge in [0, 0.05) is 31.9 Å². The summed E-state index contributed by atoms with van der Waals surface area (Å²) in [4.78, 5) is 0.105. The zero-order valence-electron chi connectivity index (χ0n) is 14.5. The van der Waals surface area contributed by atoms with Crippen molar-refractivity contribution in [2.75, 3.05) is 31.9 Å². The monoisotopic (exact) mass is 361 g/mol. The van der Waals surface area contributed by atoms with Gasteiger partial charge in [-0.25, -0.2) is 8.42 Å². The molecular weight excluding hydrogens is 338 g/mol. The van der Waals surface area contributed by atoms with Gasteiger partial charge >= 0.3 is 0 Å². The van der Waals surface area contributed by atoms with Gasteiger partial charge in [-0.2, -0.15) is 4.31 Å². The number of aryl methyl sites for hydroxylation is 2. The molecule has 3 rings (SSSR count). The van der Waals surface area contributed by atoms with E-state index in [-0.39, 0.29) is 10.6 Å². The molecule has 0 spiro atoms. The van der Waals surface area contributed by atoms with Crippen molar-refractivity contribution < 1.29 is 13.2 Å². The third-order valence-corrected chi connectivity index (χ3v) is 6.00. The Balaban J connectivity index is 2.00. The van der Waals surface area contributed by atoms with Crippen LogP contribution < -0.4 is 15.8 Å². The van der Waals surface area contributed by atoms with E-state index in [1.807, 2.05) is 32.0 Å². The standard InChI is InChI=1S/C18H23N3O3S/c1-13-9-14(2)11-16(10-13)24-17-4-3-15(19)12-18(17)25(22,23)21-7-5-20-6-8-21/h3-4,9-12,20H,5-8,19H2,1-2H3. The number of hydrogen-bond acceptors (Lipinski definition) is 5. The Kier molecular flexibility index (Phi) is 4.99. The lowest BCUT2D eigenvalue weighted by Gasteiger charge is -2.27. The fourth-order valence-electron chi connectivity index (χ4n) is 2.95. The van der Waals surface area contributed by atoms with Crippen molar-refractivity contribution in [3.8, 4) is 11.5 Å². The van der Waals surface area contributed by atoms with Gasteiger partial charge in [-0.1, -0.05) is 6.07 Å². The third kappa shape index (κ3) is 3.95. The van der Waals surface area contributed by atoms with Crippen LogP contribution in [0.3, 0.4) is 0 Å². The maximum Gasteiger partial charge on any atom is 0.246 e. The van der Waals surface area contributed by atoms with E-state index in [1.54, 1.807) is 12.1 Å². The van der Waals surface area contributed by atoms with Gasteiger partial charge < -0.3 is 15.8 Å². The second-order valence-electron chi connectivity index (χ2n) is 6.29. The first-order valence-electron chi connectivity index (χ1n) is 8.23. The molecule has 0 saturated carbocycles. The van der Waals surface area contributed by atoms with E-state index in [2.05, 4.69) is 5.32 Å². The highest BCUT2D eigenvalue weighted by Crippen LogP contribution is 2.33. The van der Waals surface area contributed by atoms with Gasteiger partial charge in [0.2, 0.25) is 10.0 Å². The zero-order valence-corrected chi connectivity index (χ0v) is 15.3. The molecule has 0 amide bonds. The van der Waals surface area contributed by atoms with Crippen LogP contribution in [-0.4, -0.2) is 38.9 Å². The average Bonchev–Trinajstić information content (AvgIpc) is 2.56. The van der Waals surface area contributed by atoms with Crippen LogP contribution in [0, 0.1) is 13.8 Å². The summed E-state index contributed by atoms with van der Waals surface area (Å²) in [7, 11) is -3.67. The Bertz CT molecular complexity index is 855. The number of rotatable bonds is 4. The van der Waals surface area contributed by atoms with Gasteiger partial charge in [-0.05, 0) is 55.3 Å². The van der Waals surface area contributed by atoms with Crippen LogP contribution in [0.4, 0.5) is 5.69 Å². The van der Waals surface area contributed by atoms with Gasteiger partial charge in [0.05, 0.1) is 0 Å². The molecule has 0 atom stereocenters. The van der Waals surface area contributed by atoms with Crippen molar-refractivity contribution in [2.24, 2.45) is 0 Å². The molecule has 0 aliphatic carbocycles. The molecule has 1 aliphatic rings. The highest BCUT2D eigenvalue weighted by Gasteiger charge is 2.29. The number of anilines is 1. The molecule has 1 heterocycles. The summed E-state index contributed by atoms with van der Waals surface area (Å²) in [6.45, 7) is 6.08. The molecule has 1 aliphatic heterocycles. The Labute approximate surface area is 148 Å². The van der Waals surface area contributed by atoms with Crippen LogP contribution in [0.1, 0.15) is 11.1 Å². The lowest BCUT2D eigenvalue weighted by atomic mass is 10.1. The first kappa shape index (κ1) is 17.7. The van der Waals surface area contributed by atoms with Crippen molar-refractivity contribution in [3.63, 3.8) is 0 Å². The molecule has 1 fully saturated rings. The van der Waals surface area contributed by atoms with E-state index < -0.39 is 10.0 Å². The summed E-state index contributed by atoms with van der Waals surface area (Å²) in [6.07, 6.45) is 0. The molecule has 0 aromatic heterocycles. The molecule has 0 unspecified atom stereocenters. The van der Waals surface area contributed by atoms with Gasteiger partial charge in [0.15, 0.2) is 0 Å². The van der Waals surface area contributed by atoms with Crippen molar-refractivity contribution in [2.45, 2.75) is 18.7 Å². The minimum Gasteiger partial charge on any atom is -0.456 e. The van der Waals surface area contributed by atoms with Crippen LogP contribution in [0.25, 0.3) is 0 Å². The first-order chi connectivity index (χ1) is 11.9. The largest absolute Gasteiger partial charge is 0.456 e. The molecule has 6 nitrogen and oxygen atoms in total. The number of hydrogen-bond donors (Lipinski definition) is 2. The van der Waals surface area contributed by atoms with Crippen molar-refractivity contribution in [3.05, 3.63) is 47.5 Å². The predicted octanol–water partition coefficient (Wildman–Crippen LogP) is 2.27. The Hall–Kier alpha value is -2.09. The van der Waals surface area contributed by atoms with Crippen molar-refractivity contribution in [1.29, 1.82) is 0 Å². The van der Waals surface area contributed by atoms with Crippen LogP contribution in [-0.2, 0) is 10.0 Å². The number of nitrogens with one attached hydrogen (secondary N) is 1. The minimum atomic E-state index is -3.67. The summed E-state index contributed by atoms with van der Waals surface area (Å²) in [5.41, 5.74) is 8.34. The quantitative estimate of drug-likeness (QED) is 0.816. The summed E-state index contributed by atoms with van der Waals surface area (Å²) in [6, 6.07) is 10.5. The van der Waals surface area contributed by atoms with Crippen molar-refractivity contribution >= 4 is 15.7 Å². The maximum absolute atomic E-state index is 13.0. The van der Waals surface area contributed by atoms with Gasteiger partial charge in [0.1, 0.15) is 16.4 Å². The molecule has 25 heavy (non-hydrogen) atoms. The highest BCUT2D eigenvalue weighted by atomic mass is 32.2. The average molecular weight is 361 g/mol. The molecule has 3 N–H and O–H groups in total. The molecular formula is C18H23N3O3S. The lowest BCUT2D eigenvalue weighted by Crippen LogP contribution is -2.46. The van der Waals surface area contributed by atoms with E-state index in [0.29, 0.717) is 37.6 Å². The number of piperazine rings is 1. The van der Waals surface area contributed by atoms with Crippen LogP contribution in [0.2, 0.25) is 0 Å². The van der Waals surface area contributed by atoms with Gasteiger partial charge in [-0.3, -0.25) is 0 Å². The third-order valence-electron chi connectivity index (χ3n) is 4.08. The lowest BCUT2D eigenvalue weighted by molar-refractivity contribution is 0.358. The summed E-state index contributed by atoms with van der Waals surface area (Å²) in [5.74, 6) is 0.900. The van der Waals surface area contributed by atoms with E-state index in [0.717, 1.165) is 11.1 Å². The smallest absolute Gasteiger partial charge is 0.246 e. The normalized spacial score (nSPS) is 15.9. The number of ether oxygens (including phenoxy) is 1. The second kappa shape index (κ2) is 7.03. The summed E-state index contributed by atoms with van der Waals surface area (Å²) in [5, 5.41) is 3.15. The van der Waals surface area contributed by atoms with E-state index >= 15 is 0 Å². The number of nitrogen functional groups attached to an aromatic ring is 1. The molecule has 1 saturated heterocycles. The van der Waals surface area contributed by atoms with E-state index in [9.17, 15) is 8.42 Å². The molecule has 134 valence electrons. The molecule has 0 radical (unpaired) electrons. The SMILES string of the molecule is Cc1cc(C)cc(Oc2ccc(N)cc2S(=O)(=O)N2CCNCC2)c1. The van der Waals surface area contributed by atoms with Crippen LogP contribution >= 0.6 is 0 Å². The first-order valence-corrected chi connectivity index (χ1v) is 9.67. The van der Waals surface area contributed by atoms with Crippen LogP contribution in [0.15, 0.2) is 41.3 Å². The summed E-state index contributed by atoms with van der Waals surface area (Å²) >= 11 is 0. The van der Waals surface area contributed by atoms with Gasteiger partial charge in [-0.15, -0.1) is 0 Å². The van der Waals surface area contributed by atoms with Crippen molar-refractivity contribution in [1.82, 2.24) is 9.62 Å². The minimum absolute atomic E-state index is 0.105. The van der Waals surface area contributed by atoms with E-state index in [4.69, 9.17) is 10.5 Å². The Morgan fingerprint density at radius 2 is 1.68 bits per heavy atom. The molecule has 2 aromatic carbocycles. The Morgan fingerprint density at radius 3 is 2.32 bits per heavy atom. The fraction of sp³-hybridized carbons (Fsp3) is 0.333. The second-order valence-corrected chi connectivity index (χ2v) is 8.19. The number of nitrogens with zero attached hydrogens (tertiary/aromatic N) is 1. The predicted molar refractivity (Wildman–Crippen MR) is 98.5 cm³/mol. The topological polar surface area (TPSA) is 84.7 Å². The zero-order chi connectivity index (χ0) is 18.0. The maximum atomic E-state index is 13.0. The van der Waals surface area contributed by atoms with Crippen LogP contribution in [0.5, 0.6) is 11.5 Å². The molecule has 2 aromatic rings.